The van der Waals surface area contributed by atoms with Crippen LogP contribution in [0.1, 0.15) is 47.4 Å². The van der Waals surface area contributed by atoms with Crippen LogP contribution in [0.25, 0.3) is 0 Å². The SMILES string of the molecule is N=CC(C=S)c1ccc(N)c(C(=N)C(=N)Cc2cccc(CN3CCCCC3)c2)c1. The van der Waals surface area contributed by atoms with Crippen LogP contribution in [0.15, 0.2) is 42.5 Å². The highest BCUT2D eigenvalue weighted by Crippen LogP contribution is 2.21. The van der Waals surface area contributed by atoms with E-state index in [9.17, 15) is 0 Å². The molecule has 5 N–H and O–H groups in total. The summed E-state index contributed by atoms with van der Waals surface area (Å²) in [6.45, 7) is 3.24. The van der Waals surface area contributed by atoms with Crippen molar-refractivity contribution in [2.75, 3.05) is 18.8 Å². The van der Waals surface area contributed by atoms with Gasteiger partial charge < -0.3 is 16.6 Å². The molecule has 1 aliphatic rings. The molecule has 0 aromatic heterocycles. The molecule has 3 rings (SSSR count). The largest absolute Gasteiger partial charge is 0.398 e. The van der Waals surface area contributed by atoms with Gasteiger partial charge in [0.05, 0.1) is 11.4 Å². The van der Waals surface area contributed by atoms with Crippen molar-refractivity contribution in [2.24, 2.45) is 0 Å². The number of nitrogens with one attached hydrogen (secondary N) is 3. The van der Waals surface area contributed by atoms with Crippen LogP contribution in [0.5, 0.6) is 0 Å². The maximum atomic E-state index is 8.53. The molecule has 6 heteroatoms. The van der Waals surface area contributed by atoms with E-state index in [0.29, 0.717) is 17.7 Å². The van der Waals surface area contributed by atoms with Crippen molar-refractivity contribution < 1.29 is 0 Å². The molecule has 2 aromatic rings. The summed E-state index contributed by atoms with van der Waals surface area (Å²) in [5.74, 6) is -0.298. The zero-order valence-corrected chi connectivity index (χ0v) is 18.0. The number of nitrogens with zero attached hydrogens (tertiary/aromatic N) is 1. The van der Waals surface area contributed by atoms with Gasteiger partial charge in [-0.25, -0.2) is 0 Å². The Morgan fingerprint density at radius 2 is 1.80 bits per heavy atom. The van der Waals surface area contributed by atoms with Crippen LogP contribution in [0, 0.1) is 16.2 Å². The highest BCUT2D eigenvalue weighted by atomic mass is 32.1. The van der Waals surface area contributed by atoms with E-state index >= 15 is 0 Å². The van der Waals surface area contributed by atoms with Crippen LogP contribution in [0.4, 0.5) is 5.69 Å². The molecule has 0 aliphatic carbocycles. The van der Waals surface area contributed by atoms with E-state index in [2.05, 4.69) is 17.0 Å². The van der Waals surface area contributed by atoms with Gasteiger partial charge in [-0.15, -0.1) is 0 Å². The molecule has 30 heavy (non-hydrogen) atoms. The number of nitrogen functional groups attached to an aromatic ring is 1. The van der Waals surface area contributed by atoms with Gasteiger partial charge in [-0.05, 0) is 60.1 Å². The quantitative estimate of drug-likeness (QED) is 0.271. The topological polar surface area (TPSA) is 101 Å². The molecule has 156 valence electrons. The van der Waals surface area contributed by atoms with Gasteiger partial charge in [0.1, 0.15) is 0 Å². The summed E-state index contributed by atoms with van der Waals surface area (Å²) >= 11 is 5.00. The normalized spacial score (nSPS) is 15.3. The third kappa shape index (κ3) is 5.46. The maximum Gasteiger partial charge on any atom is 0.0844 e. The number of rotatable bonds is 9. The number of likely N-dealkylation sites (tertiary alicyclic amines) is 1. The Hall–Kier alpha value is -2.70. The molecule has 1 aliphatic heterocycles. The van der Waals surface area contributed by atoms with Crippen LogP contribution in [-0.2, 0) is 13.0 Å². The molecule has 5 nitrogen and oxygen atoms in total. The van der Waals surface area contributed by atoms with Crippen molar-refractivity contribution >= 4 is 40.9 Å². The number of benzene rings is 2. The third-order valence-electron chi connectivity index (χ3n) is 5.59. The van der Waals surface area contributed by atoms with Gasteiger partial charge in [0.25, 0.3) is 0 Å². The molecule has 1 fully saturated rings. The Morgan fingerprint density at radius 3 is 2.50 bits per heavy atom. The summed E-state index contributed by atoms with van der Waals surface area (Å²) < 4.78 is 0. The molecule has 1 saturated heterocycles. The lowest BCUT2D eigenvalue weighted by molar-refractivity contribution is 0.221. The van der Waals surface area contributed by atoms with Gasteiger partial charge >= 0.3 is 0 Å². The average molecular weight is 420 g/mol. The van der Waals surface area contributed by atoms with Crippen molar-refractivity contribution in [3.63, 3.8) is 0 Å². The monoisotopic (exact) mass is 419 g/mol. The van der Waals surface area contributed by atoms with E-state index in [1.54, 1.807) is 12.1 Å². The van der Waals surface area contributed by atoms with Gasteiger partial charge in [-0.3, -0.25) is 10.3 Å². The molecular formula is C24H29N5S. The van der Waals surface area contributed by atoms with Crippen molar-refractivity contribution in [3.8, 4) is 0 Å². The lowest BCUT2D eigenvalue weighted by atomic mass is 9.93. The second kappa shape index (κ2) is 10.4. The number of anilines is 1. The number of piperidine rings is 1. The fourth-order valence-corrected chi connectivity index (χ4v) is 4.12. The number of hydrogen-bond acceptors (Lipinski definition) is 6. The first-order valence-corrected chi connectivity index (χ1v) is 10.8. The van der Waals surface area contributed by atoms with Crippen LogP contribution in [-0.4, -0.2) is 41.0 Å². The average Bonchev–Trinajstić information content (AvgIpc) is 2.76. The first-order chi connectivity index (χ1) is 14.5. The third-order valence-corrected chi connectivity index (χ3v) is 5.88. The molecule has 1 atom stereocenters. The second-order valence-electron chi connectivity index (χ2n) is 7.86. The molecule has 0 spiro atoms. The Balaban J connectivity index is 1.72. The molecule has 0 amide bonds. The Morgan fingerprint density at radius 1 is 1.07 bits per heavy atom. The van der Waals surface area contributed by atoms with E-state index in [4.69, 9.17) is 34.2 Å². The minimum absolute atomic E-state index is 0.115. The predicted molar refractivity (Wildman–Crippen MR) is 130 cm³/mol. The zero-order valence-electron chi connectivity index (χ0n) is 17.2. The smallest absolute Gasteiger partial charge is 0.0844 e. The lowest BCUT2D eigenvalue weighted by Crippen LogP contribution is -2.29. The van der Waals surface area contributed by atoms with Crippen LogP contribution in [0.2, 0.25) is 0 Å². The minimum atomic E-state index is -0.298. The van der Waals surface area contributed by atoms with Gasteiger partial charge in [0, 0.05) is 36.3 Å². The summed E-state index contributed by atoms with van der Waals surface area (Å²) in [5, 5.41) is 26.1. The Bertz CT molecular complexity index is 938. The van der Waals surface area contributed by atoms with Crippen molar-refractivity contribution in [1.82, 2.24) is 4.90 Å². The highest BCUT2D eigenvalue weighted by Gasteiger charge is 2.16. The lowest BCUT2D eigenvalue weighted by Gasteiger charge is -2.26. The van der Waals surface area contributed by atoms with Crippen LogP contribution < -0.4 is 5.73 Å². The number of hydrogen-bond donors (Lipinski definition) is 4. The molecule has 0 bridgehead atoms. The number of thiocarbonyl (C=S) groups is 1. The second-order valence-corrected chi connectivity index (χ2v) is 8.13. The first kappa shape index (κ1) is 22.0. The molecule has 1 unspecified atom stereocenters. The predicted octanol–water partition coefficient (Wildman–Crippen LogP) is 4.62. The van der Waals surface area contributed by atoms with Crippen LogP contribution in [0.3, 0.4) is 0 Å². The fraction of sp³-hybridized carbons (Fsp3) is 0.333. The van der Waals surface area contributed by atoms with Gasteiger partial charge in [-0.2, -0.15) is 0 Å². The Labute approximate surface area is 183 Å². The van der Waals surface area contributed by atoms with Gasteiger partial charge in [-0.1, -0.05) is 49.0 Å². The van der Waals surface area contributed by atoms with E-state index in [1.165, 1.54) is 36.4 Å². The van der Waals surface area contributed by atoms with E-state index in [1.807, 2.05) is 18.2 Å². The molecule has 0 radical (unpaired) electrons. The van der Waals surface area contributed by atoms with Gasteiger partial charge in [0.15, 0.2) is 0 Å². The first-order valence-electron chi connectivity index (χ1n) is 10.3. The molecular weight excluding hydrogens is 390 g/mol. The fourth-order valence-electron chi connectivity index (χ4n) is 3.88. The van der Waals surface area contributed by atoms with Gasteiger partial charge in [0.2, 0.25) is 0 Å². The van der Waals surface area contributed by atoms with Crippen molar-refractivity contribution in [3.05, 3.63) is 64.7 Å². The van der Waals surface area contributed by atoms with Crippen molar-refractivity contribution in [1.29, 1.82) is 16.2 Å². The summed E-state index contributed by atoms with van der Waals surface area (Å²) in [6.07, 6.45) is 5.52. The maximum absolute atomic E-state index is 8.53. The highest BCUT2D eigenvalue weighted by molar-refractivity contribution is 7.79. The van der Waals surface area contributed by atoms with E-state index in [0.717, 1.165) is 30.8 Å². The standard InChI is InChI=1S/C24H29N5S/c25-14-20(16-30)19-7-8-22(26)21(13-19)24(28)23(27)12-17-5-4-6-18(11-17)15-29-9-2-1-3-10-29/h4-8,11,13-14,16,20,25,27-28H,1-3,9-10,12,15,26H2. The summed E-state index contributed by atoms with van der Waals surface area (Å²) in [5.41, 5.74) is 10.5. The molecule has 0 saturated carbocycles. The van der Waals surface area contributed by atoms with E-state index in [-0.39, 0.29) is 17.3 Å². The number of nitrogens with two attached hydrogens (primary N) is 1. The minimum Gasteiger partial charge on any atom is -0.398 e. The molecule has 1 heterocycles. The summed E-state index contributed by atoms with van der Waals surface area (Å²) in [7, 11) is 0. The summed E-state index contributed by atoms with van der Waals surface area (Å²) in [4.78, 5) is 2.48. The molecule has 2 aromatic carbocycles. The summed E-state index contributed by atoms with van der Waals surface area (Å²) in [6, 6.07) is 13.6. The van der Waals surface area contributed by atoms with Crippen molar-refractivity contribution in [2.45, 2.75) is 38.1 Å². The van der Waals surface area contributed by atoms with Crippen LogP contribution >= 0.6 is 12.2 Å². The zero-order chi connectivity index (χ0) is 21.5. The van der Waals surface area contributed by atoms with E-state index < -0.39 is 0 Å². The Kier molecular flexibility index (Phi) is 7.60.